The van der Waals surface area contributed by atoms with E-state index < -0.39 is 0 Å². The number of nitrogens with zero attached hydrogens (tertiary/aromatic N) is 4. The number of halogens is 1. The van der Waals surface area contributed by atoms with Gasteiger partial charge in [0.05, 0.1) is 26.4 Å². The smallest absolute Gasteiger partial charge is 0.191 e. The van der Waals surface area contributed by atoms with Gasteiger partial charge in [-0.3, -0.25) is 15.0 Å². The second-order valence-electron chi connectivity index (χ2n) is 7.78. The Balaban J connectivity index is 0.00000324. The predicted molar refractivity (Wildman–Crippen MR) is 144 cm³/mol. The van der Waals surface area contributed by atoms with Crippen LogP contribution in [0, 0.1) is 0 Å². The zero-order valence-electron chi connectivity index (χ0n) is 19.5. The fraction of sp³-hybridized carbons (Fsp3) is 0.375. The first-order valence-corrected chi connectivity index (χ1v) is 11.1. The molecule has 182 valence electrons. The van der Waals surface area contributed by atoms with E-state index >= 15 is 0 Å². The van der Waals surface area contributed by atoms with E-state index in [0.717, 1.165) is 61.5 Å². The molecule has 1 saturated heterocycles. The van der Waals surface area contributed by atoms with E-state index in [4.69, 9.17) is 9.47 Å². The third kappa shape index (κ3) is 6.90. The van der Waals surface area contributed by atoms with Gasteiger partial charge in [0.25, 0.3) is 0 Å². The van der Waals surface area contributed by atoms with Crippen LogP contribution >= 0.6 is 24.0 Å². The number of methoxy groups -OCH3 is 1. The number of aromatic amines is 1. The first kappa shape index (κ1) is 25.9. The molecule has 3 N–H and O–H groups in total. The highest BCUT2D eigenvalue weighted by molar-refractivity contribution is 14.0. The van der Waals surface area contributed by atoms with Crippen LogP contribution in [0.25, 0.3) is 11.4 Å². The van der Waals surface area contributed by atoms with Gasteiger partial charge in [-0.15, -0.1) is 24.0 Å². The van der Waals surface area contributed by atoms with E-state index in [1.165, 1.54) is 11.9 Å². The van der Waals surface area contributed by atoms with Gasteiger partial charge in [-0.1, -0.05) is 30.3 Å². The van der Waals surface area contributed by atoms with Crippen LogP contribution in [0.15, 0.2) is 59.9 Å². The summed E-state index contributed by atoms with van der Waals surface area (Å²) in [4.78, 5) is 11.1. The maximum Gasteiger partial charge on any atom is 0.191 e. The zero-order valence-corrected chi connectivity index (χ0v) is 21.9. The van der Waals surface area contributed by atoms with Crippen LogP contribution in [-0.2, 0) is 11.3 Å². The lowest BCUT2D eigenvalue weighted by molar-refractivity contribution is 0.0170. The maximum absolute atomic E-state index is 5.56. The minimum atomic E-state index is 0. The van der Waals surface area contributed by atoms with Crippen molar-refractivity contribution in [3.63, 3.8) is 0 Å². The summed E-state index contributed by atoms with van der Waals surface area (Å²) >= 11 is 0. The molecular weight excluding hydrogens is 545 g/mol. The third-order valence-electron chi connectivity index (χ3n) is 5.75. The highest BCUT2D eigenvalue weighted by Gasteiger charge is 2.23. The lowest BCUT2D eigenvalue weighted by atomic mass is 10.0. The Morgan fingerprint density at radius 1 is 1.18 bits per heavy atom. The highest BCUT2D eigenvalue weighted by Crippen LogP contribution is 2.23. The number of H-pyrrole nitrogens is 1. The molecule has 1 unspecified atom stereocenters. The van der Waals surface area contributed by atoms with E-state index in [1.54, 1.807) is 14.2 Å². The number of hydrogen-bond donors (Lipinski definition) is 3. The molecule has 0 radical (unpaired) electrons. The Labute approximate surface area is 217 Å². The highest BCUT2D eigenvalue weighted by atomic mass is 127. The van der Waals surface area contributed by atoms with Gasteiger partial charge in [0, 0.05) is 38.8 Å². The second kappa shape index (κ2) is 13.3. The summed E-state index contributed by atoms with van der Waals surface area (Å²) < 4.78 is 10.9. The number of ether oxygens (including phenoxy) is 2. The molecule has 0 bridgehead atoms. The average molecular weight is 577 g/mol. The minimum Gasteiger partial charge on any atom is -0.497 e. The Morgan fingerprint density at radius 2 is 1.97 bits per heavy atom. The predicted octanol–water partition coefficient (Wildman–Crippen LogP) is 2.84. The van der Waals surface area contributed by atoms with Crippen LogP contribution in [-0.4, -0.2) is 73.0 Å². The van der Waals surface area contributed by atoms with E-state index in [0.29, 0.717) is 6.54 Å². The number of benzene rings is 2. The molecule has 0 spiro atoms. The normalized spacial score (nSPS) is 15.3. The van der Waals surface area contributed by atoms with Gasteiger partial charge in [0.15, 0.2) is 11.8 Å². The summed E-state index contributed by atoms with van der Waals surface area (Å²) in [6.45, 7) is 4.68. The molecule has 1 aliphatic rings. The topological polar surface area (TPSA) is 99.7 Å². The molecule has 3 aromatic rings. The Morgan fingerprint density at radius 3 is 2.65 bits per heavy atom. The van der Waals surface area contributed by atoms with Gasteiger partial charge in [-0.05, 0) is 29.3 Å². The molecule has 0 aliphatic carbocycles. The van der Waals surface area contributed by atoms with Gasteiger partial charge in [-0.25, -0.2) is 4.98 Å². The van der Waals surface area contributed by atoms with Crippen LogP contribution in [0.1, 0.15) is 17.2 Å². The molecule has 34 heavy (non-hydrogen) atoms. The lowest BCUT2D eigenvalue weighted by Crippen LogP contribution is -2.46. The number of rotatable bonds is 8. The first-order chi connectivity index (χ1) is 16.3. The number of guanidine groups is 1. The molecule has 1 aliphatic heterocycles. The third-order valence-corrected chi connectivity index (χ3v) is 5.75. The fourth-order valence-corrected chi connectivity index (χ4v) is 3.95. The van der Waals surface area contributed by atoms with Crippen molar-refractivity contribution in [2.75, 3.05) is 47.0 Å². The number of hydrogen-bond acceptors (Lipinski definition) is 6. The quantitative estimate of drug-likeness (QED) is 0.215. The number of nitrogens with one attached hydrogen (secondary N) is 3. The van der Waals surface area contributed by atoms with Crippen molar-refractivity contribution in [1.29, 1.82) is 0 Å². The van der Waals surface area contributed by atoms with E-state index in [2.05, 4.69) is 60.0 Å². The van der Waals surface area contributed by atoms with Gasteiger partial charge in [0.2, 0.25) is 0 Å². The SMILES string of the molecule is CN=C(NCc1cccc(-c2ncn[nH]2)c1)NCC(c1ccc(OC)cc1)N1CCOCC1.I. The molecule has 9 nitrogen and oxygen atoms in total. The van der Waals surface area contributed by atoms with Crippen LogP contribution in [0.5, 0.6) is 5.75 Å². The number of morpholine rings is 1. The molecular formula is C24H32IN7O2. The average Bonchev–Trinajstić information content (AvgIpc) is 3.42. The summed E-state index contributed by atoms with van der Waals surface area (Å²) in [7, 11) is 3.48. The Bertz CT molecular complexity index is 1020. The molecule has 1 aromatic heterocycles. The number of aliphatic imine (C=N–C) groups is 1. The van der Waals surface area contributed by atoms with Crippen molar-refractivity contribution >= 4 is 29.9 Å². The van der Waals surface area contributed by atoms with Crippen molar-refractivity contribution in [3.05, 3.63) is 66.0 Å². The summed E-state index contributed by atoms with van der Waals surface area (Å²) in [5.41, 5.74) is 3.37. The molecule has 0 saturated carbocycles. The first-order valence-electron chi connectivity index (χ1n) is 11.1. The largest absolute Gasteiger partial charge is 0.497 e. The van der Waals surface area contributed by atoms with Gasteiger partial charge >= 0.3 is 0 Å². The summed E-state index contributed by atoms with van der Waals surface area (Å²) in [5.74, 6) is 2.37. The Hall–Kier alpha value is -2.70. The van der Waals surface area contributed by atoms with Gasteiger partial charge < -0.3 is 20.1 Å². The fourth-order valence-electron chi connectivity index (χ4n) is 3.95. The number of aromatic nitrogens is 3. The maximum atomic E-state index is 5.56. The van der Waals surface area contributed by atoms with Crippen LogP contribution in [0.3, 0.4) is 0 Å². The molecule has 1 atom stereocenters. The zero-order chi connectivity index (χ0) is 22.9. The van der Waals surface area contributed by atoms with Crippen molar-refractivity contribution < 1.29 is 9.47 Å². The van der Waals surface area contributed by atoms with Crippen molar-refractivity contribution in [1.82, 2.24) is 30.7 Å². The molecule has 2 heterocycles. The molecule has 2 aromatic carbocycles. The van der Waals surface area contributed by atoms with Crippen molar-refractivity contribution in [2.45, 2.75) is 12.6 Å². The summed E-state index contributed by atoms with van der Waals surface area (Å²) in [6, 6.07) is 16.7. The monoisotopic (exact) mass is 577 g/mol. The summed E-state index contributed by atoms with van der Waals surface area (Å²) in [5, 5.41) is 13.8. The van der Waals surface area contributed by atoms with E-state index in [1.807, 2.05) is 24.3 Å². The van der Waals surface area contributed by atoms with Crippen molar-refractivity contribution in [2.24, 2.45) is 4.99 Å². The molecule has 10 heteroatoms. The second-order valence-corrected chi connectivity index (χ2v) is 7.78. The standard InChI is InChI=1S/C24H31N7O2.HI/c1-25-24(26-15-18-4-3-5-20(14-18)23-28-17-29-30-23)27-16-22(31-10-12-33-13-11-31)19-6-8-21(32-2)9-7-19;/h3-9,14,17,22H,10-13,15-16H2,1-2H3,(H2,25,26,27)(H,28,29,30);1H. The lowest BCUT2D eigenvalue weighted by Gasteiger charge is -2.35. The molecule has 0 amide bonds. The minimum absolute atomic E-state index is 0. The Kier molecular flexibility index (Phi) is 10.1. The van der Waals surface area contributed by atoms with Crippen molar-refractivity contribution in [3.8, 4) is 17.1 Å². The van der Waals surface area contributed by atoms with Crippen LogP contribution < -0.4 is 15.4 Å². The summed E-state index contributed by atoms with van der Waals surface area (Å²) in [6.07, 6.45) is 1.51. The van der Waals surface area contributed by atoms with Gasteiger partial charge in [0.1, 0.15) is 12.1 Å². The van der Waals surface area contributed by atoms with Crippen LogP contribution in [0.4, 0.5) is 0 Å². The molecule has 1 fully saturated rings. The molecule has 4 rings (SSSR count). The van der Waals surface area contributed by atoms with Gasteiger partial charge in [-0.2, -0.15) is 5.10 Å². The van der Waals surface area contributed by atoms with E-state index in [9.17, 15) is 0 Å². The van der Waals surface area contributed by atoms with Crippen LogP contribution in [0.2, 0.25) is 0 Å². The van der Waals surface area contributed by atoms with E-state index in [-0.39, 0.29) is 30.0 Å².